The largest absolute Gasteiger partial charge is 0.392 e. The molecule has 0 bridgehead atoms. The molecule has 104 valence electrons. The zero-order chi connectivity index (χ0) is 11.2. The average Bonchev–Trinajstić information content (AvgIpc) is 2.72. The lowest BCUT2D eigenvalue weighted by Gasteiger charge is -2.15. The van der Waals surface area contributed by atoms with Crippen molar-refractivity contribution in [2.24, 2.45) is 0 Å². The third-order valence-corrected chi connectivity index (χ3v) is 3.02. The van der Waals surface area contributed by atoms with E-state index in [-0.39, 0.29) is 30.9 Å². The van der Waals surface area contributed by atoms with Crippen LogP contribution in [-0.4, -0.2) is 42.3 Å². The summed E-state index contributed by atoms with van der Waals surface area (Å²) in [4.78, 5) is 2.31. The molecule has 1 aromatic rings. The van der Waals surface area contributed by atoms with E-state index >= 15 is 0 Å². The lowest BCUT2D eigenvalue weighted by atomic mass is 10.2. The Bertz CT molecular complexity index is 311. The van der Waals surface area contributed by atoms with Crippen LogP contribution in [0.2, 0.25) is 0 Å². The summed E-state index contributed by atoms with van der Waals surface area (Å²) in [6.07, 6.45) is 0.827. The highest BCUT2D eigenvalue weighted by Gasteiger charge is 2.18. The molecule has 0 aromatic heterocycles. The first-order valence-electron chi connectivity index (χ1n) is 5.99. The van der Waals surface area contributed by atoms with Crippen molar-refractivity contribution in [1.82, 2.24) is 10.2 Å². The van der Waals surface area contributed by atoms with Gasteiger partial charge in [-0.2, -0.15) is 0 Å². The Balaban J connectivity index is 0.00000144. The van der Waals surface area contributed by atoms with Crippen LogP contribution in [0, 0.1) is 0 Å². The molecule has 0 amide bonds. The van der Waals surface area contributed by atoms with Gasteiger partial charge in [-0.1, -0.05) is 30.3 Å². The molecular weight excluding hydrogens is 271 g/mol. The molecule has 2 rings (SSSR count). The third kappa shape index (κ3) is 6.03. The molecule has 5 heteroatoms. The molecule has 1 unspecified atom stereocenters. The highest BCUT2D eigenvalue weighted by atomic mass is 35.5. The molecule has 1 aliphatic rings. The average molecular weight is 293 g/mol. The highest BCUT2D eigenvalue weighted by Crippen LogP contribution is 2.07. The fraction of sp³-hybridized carbons (Fsp3) is 0.538. The summed E-state index contributed by atoms with van der Waals surface area (Å²) < 4.78 is 0. The molecule has 1 heterocycles. The Morgan fingerprint density at radius 2 is 1.94 bits per heavy atom. The number of aliphatic hydroxyl groups excluding tert-OH is 1. The maximum Gasteiger partial charge on any atom is 0.0679 e. The monoisotopic (exact) mass is 292 g/mol. The van der Waals surface area contributed by atoms with Gasteiger partial charge in [-0.15, -0.1) is 24.8 Å². The van der Waals surface area contributed by atoms with Crippen LogP contribution in [0.1, 0.15) is 12.0 Å². The summed E-state index contributed by atoms with van der Waals surface area (Å²) in [5, 5.41) is 12.8. The van der Waals surface area contributed by atoms with Gasteiger partial charge in [0.05, 0.1) is 6.10 Å². The van der Waals surface area contributed by atoms with Crippen LogP contribution in [-0.2, 0) is 6.54 Å². The van der Waals surface area contributed by atoms with E-state index in [0.29, 0.717) is 0 Å². The third-order valence-electron chi connectivity index (χ3n) is 3.02. The molecular formula is C13H22Cl2N2O. The van der Waals surface area contributed by atoms with Crippen LogP contribution < -0.4 is 5.32 Å². The number of halogens is 2. The predicted octanol–water partition coefficient (Wildman–Crippen LogP) is 1.69. The number of nitrogens with zero attached hydrogens (tertiary/aromatic N) is 1. The fourth-order valence-corrected chi connectivity index (χ4v) is 2.08. The van der Waals surface area contributed by atoms with E-state index in [1.54, 1.807) is 0 Å². The van der Waals surface area contributed by atoms with Crippen molar-refractivity contribution >= 4 is 24.8 Å². The van der Waals surface area contributed by atoms with Crippen molar-refractivity contribution in [3.8, 4) is 0 Å². The second-order valence-corrected chi connectivity index (χ2v) is 4.41. The van der Waals surface area contributed by atoms with Gasteiger partial charge in [0.2, 0.25) is 0 Å². The van der Waals surface area contributed by atoms with E-state index in [1.165, 1.54) is 5.56 Å². The van der Waals surface area contributed by atoms with Gasteiger partial charge in [0.1, 0.15) is 0 Å². The zero-order valence-corrected chi connectivity index (χ0v) is 12.1. The summed E-state index contributed by atoms with van der Waals surface area (Å²) in [5.41, 5.74) is 1.32. The molecule has 0 radical (unpaired) electrons. The summed E-state index contributed by atoms with van der Waals surface area (Å²) in [6, 6.07) is 10.4. The molecule has 1 atom stereocenters. The minimum Gasteiger partial charge on any atom is -0.392 e. The summed E-state index contributed by atoms with van der Waals surface area (Å²) in [6.45, 7) is 4.82. The number of aliphatic hydroxyl groups is 1. The number of rotatable bonds is 5. The van der Waals surface area contributed by atoms with E-state index in [1.807, 2.05) is 6.07 Å². The lowest BCUT2D eigenvalue weighted by molar-refractivity contribution is 0.176. The van der Waals surface area contributed by atoms with Crippen molar-refractivity contribution in [3.63, 3.8) is 0 Å². The first-order valence-corrected chi connectivity index (χ1v) is 5.99. The Labute approximate surface area is 121 Å². The molecule has 0 aliphatic carbocycles. The van der Waals surface area contributed by atoms with Gasteiger partial charge in [0, 0.05) is 32.7 Å². The molecule has 0 spiro atoms. The van der Waals surface area contributed by atoms with Crippen LogP contribution in [0.5, 0.6) is 0 Å². The summed E-state index contributed by atoms with van der Waals surface area (Å²) in [7, 11) is 0. The van der Waals surface area contributed by atoms with Gasteiger partial charge in [0.25, 0.3) is 0 Å². The first kappa shape index (κ1) is 17.7. The van der Waals surface area contributed by atoms with E-state index in [0.717, 1.165) is 39.1 Å². The normalized spacial score (nSPS) is 19.1. The number of likely N-dealkylation sites (tertiary alicyclic amines) is 1. The topological polar surface area (TPSA) is 35.5 Å². The van der Waals surface area contributed by atoms with E-state index in [9.17, 15) is 5.11 Å². The number of benzene rings is 1. The molecule has 1 aliphatic heterocycles. The van der Waals surface area contributed by atoms with Gasteiger partial charge < -0.3 is 10.4 Å². The van der Waals surface area contributed by atoms with E-state index in [4.69, 9.17) is 0 Å². The molecule has 1 aromatic carbocycles. The Kier molecular flexibility index (Phi) is 9.42. The van der Waals surface area contributed by atoms with Crippen LogP contribution >= 0.6 is 24.8 Å². The van der Waals surface area contributed by atoms with Crippen LogP contribution in [0.25, 0.3) is 0 Å². The maximum absolute atomic E-state index is 9.37. The van der Waals surface area contributed by atoms with Crippen LogP contribution in [0.4, 0.5) is 0 Å². The Hall–Kier alpha value is -0.320. The van der Waals surface area contributed by atoms with Gasteiger partial charge >= 0.3 is 0 Å². The van der Waals surface area contributed by atoms with Gasteiger partial charge in [-0.05, 0) is 12.0 Å². The van der Waals surface area contributed by atoms with E-state index < -0.39 is 0 Å². The number of nitrogens with one attached hydrogen (secondary N) is 1. The highest BCUT2D eigenvalue weighted by molar-refractivity contribution is 5.85. The Morgan fingerprint density at radius 1 is 1.22 bits per heavy atom. The van der Waals surface area contributed by atoms with Crippen molar-refractivity contribution in [1.29, 1.82) is 0 Å². The minimum absolute atomic E-state index is 0. The number of β-amino-alcohol motifs (C(OH)–C–C–N with tert-alkyl or cyclic N) is 1. The standard InChI is InChI=1S/C13H20N2O.2ClH/c16-13-6-8-15(11-13)9-7-14-10-12-4-2-1-3-5-12;;/h1-5,13-14,16H,6-11H2;2*1H. The second-order valence-electron chi connectivity index (χ2n) is 4.41. The molecule has 1 saturated heterocycles. The molecule has 0 saturated carbocycles. The van der Waals surface area contributed by atoms with Gasteiger partial charge in [0.15, 0.2) is 0 Å². The summed E-state index contributed by atoms with van der Waals surface area (Å²) >= 11 is 0. The summed E-state index contributed by atoms with van der Waals surface area (Å²) in [5.74, 6) is 0. The van der Waals surface area contributed by atoms with Crippen LogP contribution in [0.3, 0.4) is 0 Å². The van der Waals surface area contributed by atoms with Crippen molar-refractivity contribution < 1.29 is 5.11 Å². The van der Waals surface area contributed by atoms with Crippen molar-refractivity contribution in [2.45, 2.75) is 19.1 Å². The van der Waals surface area contributed by atoms with E-state index in [2.05, 4.69) is 34.5 Å². The Morgan fingerprint density at radius 3 is 2.56 bits per heavy atom. The number of hydrogen-bond donors (Lipinski definition) is 2. The SMILES string of the molecule is Cl.Cl.OC1CCN(CCNCc2ccccc2)C1. The fourth-order valence-electron chi connectivity index (χ4n) is 2.08. The van der Waals surface area contributed by atoms with Crippen molar-refractivity contribution in [2.75, 3.05) is 26.2 Å². The predicted molar refractivity (Wildman–Crippen MR) is 79.7 cm³/mol. The van der Waals surface area contributed by atoms with Gasteiger partial charge in [-0.25, -0.2) is 0 Å². The molecule has 18 heavy (non-hydrogen) atoms. The van der Waals surface area contributed by atoms with Crippen LogP contribution in [0.15, 0.2) is 30.3 Å². The zero-order valence-electron chi connectivity index (χ0n) is 10.4. The smallest absolute Gasteiger partial charge is 0.0679 e. The molecule has 1 fully saturated rings. The van der Waals surface area contributed by atoms with Crippen molar-refractivity contribution in [3.05, 3.63) is 35.9 Å². The molecule has 3 nitrogen and oxygen atoms in total. The second kappa shape index (κ2) is 9.59. The quantitative estimate of drug-likeness (QED) is 0.811. The number of hydrogen-bond acceptors (Lipinski definition) is 3. The lowest BCUT2D eigenvalue weighted by Crippen LogP contribution is -2.30. The minimum atomic E-state index is -0.103. The molecule has 2 N–H and O–H groups in total. The van der Waals surface area contributed by atoms with Gasteiger partial charge in [-0.3, -0.25) is 4.90 Å². The maximum atomic E-state index is 9.37. The first-order chi connectivity index (χ1) is 7.84.